The van der Waals surface area contributed by atoms with Gasteiger partial charge in [0.2, 0.25) is 0 Å². The van der Waals surface area contributed by atoms with Crippen molar-refractivity contribution >= 4 is 17.2 Å². The number of aromatic nitrogens is 1. The van der Waals surface area contributed by atoms with Gasteiger partial charge in [-0.05, 0) is 46.0 Å². The lowest BCUT2D eigenvalue weighted by atomic mass is 10.2. The Kier molecular flexibility index (Phi) is 7.80. The van der Waals surface area contributed by atoms with Crippen LogP contribution in [-0.4, -0.2) is 60.0 Å². The van der Waals surface area contributed by atoms with Crippen molar-refractivity contribution in [1.29, 1.82) is 0 Å². The molecule has 1 aromatic carbocycles. The summed E-state index contributed by atoms with van der Waals surface area (Å²) in [5, 5.41) is 0.849. The predicted molar refractivity (Wildman–Crippen MR) is 113 cm³/mol. The SMILES string of the molecule is CCN(CC)CCN(C)C(=O)c1sc(-c2cccc(OC(C)C)c2)nc1C. The third-order valence-corrected chi connectivity index (χ3v) is 5.63. The molecule has 0 saturated carbocycles. The van der Waals surface area contributed by atoms with Gasteiger partial charge in [0.25, 0.3) is 5.91 Å². The minimum Gasteiger partial charge on any atom is -0.491 e. The first-order valence-electron chi connectivity index (χ1n) is 9.58. The summed E-state index contributed by atoms with van der Waals surface area (Å²) in [7, 11) is 1.86. The number of amides is 1. The van der Waals surface area contributed by atoms with E-state index in [0.29, 0.717) is 11.4 Å². The van der Waals surface area contributed by atoms with Gasteiger partial charge >= 0.3 is 0 Å². The van der Waals surface area contributed by atoms with E-state index >= 15 is 0 Å². The summed E-state index contributed by atoms with van der Waals surface area (Å²) in [5.41, 5.74) is 1.76. The van der Waals surface area contributed by atoms with E-state index in [0.717, 1.165) is 41.6 Å². The molecule has 2 rings (SSSR count). The number of hydrogen-bond acceptors (Lipinski definition) is 5. The molecule has 1 aromatic heterocycles. The summed E-state index contributed by atoms with van der Waals surface area (Å²) >= 11 is 1.45. The van der Waals surface area contributed by atoms with Crippen LogP contribution in [0.25, 0.3) is 10.6 Å². The van der Waals surface area contributed by atoms with Crippen LogP contribution in [-0.2, 0) is 0 Å². The lowest BCUT2D eigenvalue weighted by Gasteiger charge is -2.22. The molecular formula is C21H31N3O2S. The molecule has 1 amide bonds. The summed E-state index contributed by atoms with van der Waals surface area (Å²) in [6, 6.07) is 7.89. The van der Waals surface area contributed by atoms with Crippen molar-refractivity contribution in [3.05, 3.63) is 34.8 Å². The topological polar surface area (TPSA) is 45.7 Å². The van der Waals surface area contributed by atoms with Crippen molar-refractivity contribution < 1.29 is 9.53 Å². The van der Waals surface area contributed by atoms with Gasteiger partial charge in [-0.25, -0.2) is 4.98 Å². The van der Waals surface area contributed by atoms with Gasteiger partial charge < -0.3 is 14.5 Å². The van der Waals surface area contributed by atoms with Gasteiger partial charge in [-0.2, -0.15) is 0 Å². The Bertz CT molecular complexity index is 754. The second-order valence-corrected chi connectivity index (χ2v) is 7.88. The monoisotopic (exact) mass is 389 g/mol. The average Bonchev–Trinajstić information content (AvgIpc) is 3.03. The largest absolute Gasteiger partial charge is 0.491 e. The van der Waals surface area contributed by atoms with E-state index in [9.17, 15) is 4.79 Å². The highest BCUT2D eigenvalue weighted by Gasteiger charge is 2.20. The van der Waals surface area contributed by atoms with E-state index in [1.165, 1.54) is 11.3 Å². The molecule has 27 heavy (non-hydrogen) atoms. The maximum atomic E-state index is 12.9. The van der Waals surface area contributed by atoms with Crippen LogP contribution >= 0.6 is 11.3 Å². The minimum atomic E-state index is 0.0398. The summed E-state index contributed by atoms with van der Waals surface area (Å²) < 4.78 is 5.77. The van der Waals surface area contributed by atoms with Gasteiger partial charge in [0, 0.05) is 25.7 Å². The van der Waals surface area contributed by atoms with Crippen molar-refractivity contribution in [2.24, 2.45) is 0 Å². The van der Waals surface area contributed by atoms with E-state index in [1.807, 2.05) is 52.1 Å². The number of carbonyl (C=O) groups excluding carboxylic acids is 1. The van der Waals surface area contributed by atoms with Crippen molar-refractivity contribution in [2.45, 2.75) is 40.7 Å². The van der Waals surface area contributed by atoms with Gasteiger partial charge in [0.15, 0.2) is 0 Å². The molecule has 0 spiro atoms. The van der Waals surface area contributed by atoms with Crippen LogP contribution in [0.5, 0.6) is 5.75 Å². The molecule has 0 N–H and O–H groups in total. The van der Waals surface area contributed by atoms with Crippen molar-refractivity contribution in [2.75, 3.05) is 33.2 Å². The van der Waals surface area contributed by atoms with E-state index in [2.05, 4.69) is 23.7 Å². The van der Waals surface area contributed by atoms with E-state index < -0.39 is 0 Å². The smallest absolute Gasteiger partial charge is 0.265 e. The number of likely N-dealkylation sites (N-methyl/N-ethyl adjacent to an activating group) is 2. The van der Waals surface area contributed by atoms with Crippen LogP contribution in [0.3, 0.4) is 0 Å². The van der Waals surface area contributed by atoms with E-state index in [-0.39, 0.29) is 12.0 Å². The highest BCUT2D eigenvalue weighted by molar-refractivity contribution is 7.17. The first-order valence-corrected chi connectivity index (χ1v) is 10.4. The molecular weight excluding hydrogens is 358 g/mol. The van der Waals surface area contributed by atoms with E-state index in [4.69, 9.17) is 4.74 Å². The van der Waals surface area contributed by atoms with Crippen molar-refractivity contribution in [3.8, 4) is 16.3 Å². The van der Waals surface area contributed by atoms with Gasteiger partial charge in [-0.3, -0.25) is 4.79 Å². The zero-order chi connectivity index (χ0) is 20.0. The number of carbonyl (C=O) groups is 1. The number of nitrogens with zero attached hydrogens (tertiary/aromatic N) is 3. The molecule has 0 aliphatic heterocycles. The second kappa shape index (κ2) is 9.85. The zero-order valence-corrected chi connectivity index (χ0v) is 18.1. The predicted octanol–water partition coefficient (Wildman–Crippen LogP) is 4.32. The molecule has 2 aromatic rings. The van der Waals surface area contributed by atoms with Gasteiger partial charge in [0.1, 0.15) is 15.6 Å². The first-order chi connectivity index (χ1) is 12.8. The summed E-state index contributed by atoms with van der Waals surface area (Å²) in [4.78, 5) is 22.3. The van der Waals surface area contributed by atoms with Gasteiger partial charge in [0.05, 0.1) is 11.8 Å². The number of aryl methyl sites for hydroxylation is 1. The number of hydrogen-bond donors (Lipinski definition) is 0. The Morgan fingerprint density at radius 3 is 2.56 bits per heavy atom. The fourth-order valence-corrected chi connectivity index (χ4v) is 3.86. The van der Waals surface area contributed by atoms with E-state index in [1.54, 1.807) is 4.90 Å². The van der Waals surface area contributed by atoms with Crippen LogP contribution in [0, 0.1) is 6.92 Å². The standard InChI is InChI=1S/C21H31N3O2S/c1-7-24(8-2)13-12-23(6)21(25)19-16(5)22-20(27-19)17-10-9-11-18(14-17)26-15(3)4/h9-11,14-15H,7-8,12-13H2,1-6H3. The van der Waals surface area contributed by atoms with Crippen LogP contribution in [0.1, 0.15) is 43.1 Å². The molecule has 0 bridgehead atoms. The minimum absolute atomic E-state index is 0.0398. The maximum Gasteiger partial charge on any atom is 0.265 e. The Hall–Kier alpha value is -1.92. The Balaban J connectivity index is 2.14. The number of rotatable bonds is 9. The second-order valence-electron chi connectivity index (χ2n) is 6.88. The van der Waals surface area contributed by atoms with Crippen LogP contribution in [0.4, 0.5) is 0 Å². The molecule has 0 aliphatic rings. The van der Waals surface area contributed by atoms with Crippen LogP contribution in [0.2, 0.25) is 0 Å². The number of thiazole rings is 1. The molecule has 0 saturated heterocycles. The van der Waals surface area contributed by atoms with Crippen LogP contribution < -0.4 is 4.74 Å². The fraction of sp³-hybridized carbons (Fsp3) is 0.524. The highest BCUT2D eigenvalue weighted by atomic mass is 32.1. The molecule has 1 heterocycles. The zero-order valence-electron chi connectivity index (χ0n) is 17.3. The number of ether oxygens (including phenoxy) is 1. The third kappa shape index (κ3) is 5.78. The fourth-order valence-electron chi connectivity index (χ4n) is 2.80. The summed E-state index contributed by atoms with van der Waals surface area (Å²) in [6.45, 7) is 13.8. The maximum absolute atomic E-state index is 12.9. The average molecular weight is 390 g/mol. The van der Waals surface area contributed by atoms with Crippen LogP contribution in [0.15, 0.2) is 24.3 Å². The molecule has 0 radical (unpaired) electrons. The molecule has 0 aliphatic carbocycles. The molecule has 5 nitrogen and oxygen atoms in total. The molecule has 0 fully saturated rings. The van der Waals surface area contributed by atoms with Crippen molar-refractivity contribution in [3.63, 3.8) is 0 Å². The normalized spacial score (nSPS) is 11.3. The summed E-state index contributed by atoms with van der Waals surface area (Å²) in [6.07, 6.45) is 0.120. The van der Waals surface area contributed by atoms with Gasteiger partial charge in [-0.15, -0.1) is 11.3 Å². The highest BCUT2D eigenvalue weighted by Crippen LogP contribution is 2.31. The van der Waals surface area contributed by atoms with Crippen molar-refractivity contribution in [1.82, 2.24) is 14.8 Å². The molecule has 6 heteroatoms. The number of benzene rings is 1. The lowest BCUT2D eigenvalue weighted by Crippen LogP contribution is -2.36. The molecule has 148 valence electrons. The first kappa shape index (κ1) is 21.4. The quantitative estimate of drug-likeness (QED) is 0.641. The Morgan fingerprint density at radius 2 is 1.93 bits per heavy atom. The Morgan fingerprint density at radius 1 is 1.22 bits per heavy atom. The lowest BCUT2D eigenvalue weighted by molar-refractivity contribution is 0.0783. The van der Waals surface area contributed by atoms with Gasteiger partial charge in [-0.1, -0.05) is 26.0 Å². The molecule has 0 atom stereocenters. The summed E-state index contributed by atoms with van der Waals surface area (Å²) in [5.74, 6) is 0.859. The Labute approximate surface area is 167 Å². The molecule has 0 unspecified atom stereocenters. The third-order valence-electron chi connectivity index (χ3n) is 4.44.